The number of urea groups is 1. The van der Waals surface area contributed by atoms with E-state index in [0.29, 0.717) is 29.7 Å². The highest BCUT2D eigenvalue weighted by molar-refractivity contribution is 7.92. The van der Waals surface area contributed by atoms with Gasteiger partial charge in [0.05, 0.1) is 17.5 Å². The number of hydrogen-bond acceptors (Lipinski definition) is 6. The lowest BCUT2D eigenvalue weighted by molar-refractivity contribution is 0.0823. The number of anilines is 2. The van der Waals surface area contributed by atoms with Crippen molar-refractivity contribution in [3.05, 3.63) is 83.4 Å². The number of hydrogen-bond donors (Lipinski definition) is 3. The second kappa shape index (κ2) is 16.8. The fourth-order valence-electron chi connectivity index (χ4n) is 5.41. The number of sulfonamides is 1. The summed E-state index contributed by atoms with van der Waals surface area (Å²) < 4.78 is 59.8. The van der Waals surface area contributed by atoms with Crippen molar-refractivity contribution in [3.63, 3.8) is 0 Å². The van der Waals surface area contributed by atoms with Gasteiger partial charge in [-0.15, -0.1) is 12.4 Å². The molecule has 3 aromatic carbocycles. The molecule has 1 saturated heterocycles. The minimum absolute atomic E-state index is 0. The van der Waals surface area contributed by atoms with E-state index >= 15 is 0 Å². The number of piperidine rings is 1. The van der Waals surface area contributed by atoms with E-state index in [1.807, 2.05) is 24.3 Å². The molecule has 256 valence electrons. The lowest BCUT2D eigenvalue weighted by atomic mass is 9.93. The van der Waals surface area contributed by atoms with E-state index in [2.05, 4.69) is 27.2 Å². The molecule has 14 heteroatoms. The highest BCUT2D eigenvalue weighted by Crippen LogP contribution is 2.27. The van der Waals surface area contributed by atoms with Crippen LogP contribution >= 0.6 is 12.4 Å². The maximum absolute atomic E-state index is 14.4. The van der Waals surface area contributed by atoms with Crippen molar-refractivity contribution in [1.82, 2.24) is 15.1 Å². The van der Waals surface area contributed by atoms with Gasteiger partial charge in [0.2, 0.25) is 10.0 Å². The number of nitrogens with zero attached hydrogens (tertiary/aromatic N) is 2. The number of halogens is 3. The zero-order valence-electron chi connectivity index (χ0n) is 26.9. The van der Waals surface area contributed by atoms with Crippen LogP contribution in [0.1, 0.15) is 54.9 Å². The van der Waals surface area contributed by atoms with Gasteiger partial charge in [0.25, 0.3) is 5.91 Å². The Morgan fingerprint density at radius 1 is 1.00 bits per heavy atom. The van der Waals surface area contributed by atoms with E-state index in [0.717, 1.165) is 56.7 Å². The van der Waals surface area contributed by atoms with E-state index in [1.165, 1.54) is 19.0 Å². The molecular formula is C33H42ClF2N5O5S. The highest BCUT2D eigenvalue weighted by atomic mass is 35.5. The van der Waals surface area contributed by atoms with Crippen LogP contribution < -0.4 is 20.1 Å². The third-order valence-corrected chi connectivity index (χ3v) is 8.31. The molecule has 4 rings (SSSR count). The van der Waals surface area contributed by atoms with Gasteiger partial charge >= 0.3 is 6.03 Å². The van der Waals surface area contributed by atoms with Crippen LogP contribution in [0.15, 0.2) is 60.7 Å². The fourth-order valence-corrected chi connectivity index (χ4v) is 5.98. The predicted molar refractivity (Wildman–Crippen MR) is 182 cm³/mol. The minimum atomic E-state index is -3.35. The number of likely N-dealkylation sites (tertiary alicyclic amines) is 1. The topological polar surface area (TPSA) is 120 Å². The number of benzene rings is 3. The van der Waals surface area contributed by atoms with E-state index < -0.39 is 33.6 Å². The maximum atomic E-state index is 14.4. The summed E-state index contributed by atoms with van der Waals surface area (Å²) in [5.74, 6) is -1.36. The van der Waals surface area contributed by atoms with Crippen LogP contribution in [-0.4, -0.2) is 69.1 Å². The summed E-state index contributed by atoms with van der Waals surface area (Å²) in [5, 5.41) is 5.38. The molecule has 0 aromatic heterocycles. The van der Waals surface area contributed by atoms with Crippen molar-refractivity contribution in [3.8, 4) is 11.5 Å². The number of rotatable bonds is 12. The van der Waals surface area contributed by atoms with Gasteiger partial charge in [-0.3, -0.25) is 14.4 Å². The second-order valence-corrected chi connectivity index (χ2v) is 13.5. The van der Waals surface area contributed by atoms with Gasteiger partial charge in [0.1, 0.15) is 23.1 Å². The van der Waals surface area contributed by atoms with Crippen molar-refractivity contribution in [2.24, 2.45) is 0 Å². The fraction of sp³-hybridized carbons (Fsp3) is 0.394. The summed E-state index contributed by atoms with van der Waals surface area (Å²) in [6.45, 7) is 3.61. The molecule has 10 nitrogen and oxygen atoms in total. The van der Waals surface area contributed by atoms with Gasteiger partial charge in [-0.05, 0) is 67.3 Å². The molecule has 0 spiro atoms. The standard InChI is InChI=1S/C33H41F2N5O5S.ClH/c1-5-6-7-25-18-24(36-33(42)37-31-19-28(32(41)39(2)3)29(34)20-30(31)35)16-17-40(25)21-22-8-12-26(13-9-22)45-27-14-10-23(11-15-27)38-46(4,43)44;/h8-15,19-20,24-25,38H,5-7,16-18,21H2,1-4H3,(H2,36,37,42);1H. The first-order valence-corrected chi connectivity index (χ1v) is 17.1. The summed E-state index contributed by atoms with van der Waals surface area (Å²) in [5.41, 5.74) is 0.974. The number of carbonyl (C=O) groups excluding carboxylic acids is 2. The molecular weight excluding hydrogens is 652 g/mol. The third-order valence-electron chi connectivity index (χ3n) is 7.71. The number of unbranched alkanes of at least 4 members (excludes halogenated alkanes) is 1. The number of nitrogens with one attached hydrogen (secondary N) is 3. The Kier molecular flexibility index (Phi) is 13.4. The van der Waals surface area contributed by atoms with Gasteiger partial charge in [-0.25, -0.2) is 22.0 Å². The van der Waals surface area contributed by atoms with Crippen LogP contribution in [0.4, 0.5) is 25.0 Å². The molecule has 2 unspecified atom stereocenters. The summed E-state index contributed by atoms with van der Waals surface area (Å²) >= 11 is 0. The molecule has 0 radical (unpaired) electrons. The normalized spacial score (nSPS) is 16.5. The van der Waals surface area contributed by atoms with E-state index in [-0.39, 0.29) is 35.7 Å². The zero-order chi connectivity index (χ0) is 33.4. The van der Waals surface area contributed by atoms with E-state index in [1.54, 1.807) is 24.3 Å². The summed E-state index contributed by atoms with van der Waals surface area (Å²) in [4.78, 5) is 28.7. The van der Waals surface area contributed by atoms with Gasteiger partial charge in [0, 0.05) is 51.0 Å². The average molecular weight is 694 g/mol. The molecule has 0 bridgehead atoms. The molecule has 1 aliphatic heterocycles. The third kappa shape index (κ3) is 11.1. The van der Waals surface area contributed by atoms with Gasteiger partial charge in [-0.1, -0.05) is 31.9 Å². The smallest absolute Gasteiger partial charge is 0.319 e. The van der Waals surface area contributed by atoms with Crippen molar-refractivity contribution in [1.29, 1.82) is 0 Å². The van der Waals surface area contributed by atoms with Crippen molar-refractivity contribution in [2.45, 2.75) is 57.7 Å². The molecule has 0 aliphatic carbocycles. The number of carbonyl (C=O) groups is 2. The van der Waals surface area contributed by atoms with Gasteiger partial charge in [-0.2, -0.15) is 0 Å². The minimum Gasteiger partial charge on any atom is -0.457 e. The second-order valence-electron chi connectivity index (χ2n) is 11.7. The van der Waals surface area contributed by atoms with Gasteiger partial charge in [0.15, 0.2) is 0 Å². The summed E-state index contributed by atoms with van der Waals surface area (Å²) in [6, 6.07) is 15.5. The monoisotopic (exact) mass is 693 g/mol. The Labute approximate surface area is 281 Å². The Morgan fingerprint density at radius 3 is 2.23 bits per heavy atom. The largest absolute Gasteiger partial charge is 0.457 e. The molecule has 47 heavy (non-hydrogen) atoms. The lowest BCUT2D eigenvalue weighted by Crippen LogP contribution is -2.50. The highest BCUT2D eigenvalue weighted by Gasteiger charge is 2.29. The van der Waals surface area contributed by atoms with Crippen LogP contribution in [0.5, 0.6) is 11.5 Å². The van der Waals surface area contributed by atoms with E-state index in [9.17, 15) is 26.8 Å². The molecule has 3 N–H and O–H groups in total. The number of ether oxygens (including phenoxy) is 1. The molecule has 1 aliphatic rings. The van der Waals surface area contributed by atoms with Crippen molar-refractivity contribution < 1.29 is 31.5 Å². The Morgan fingerprint density at radius 2 is 1.64 bits per heavy atom. The molecule has 3 amide bonds. The first-order chi connectivity index (χ1) is 21.8. The predicted octanol–water partition coefficient (Wildman–Crippen LogP) is 6.60. The summed E-state index contributed by atoms with van der Waals surface area (Å²) in [7, 11) is -0.433. The molecule has 1 fully saturated rings. The van der Waals surface area contributed by atoms with Crippen LogP contribution in [-0.2, 0) is 16.6 Å². The van der Waals surface area contributed by atoms with Gasteiger partial charge < -0.3 is 20.3 Å². The summed E-state index contributed by atoms with van der Waals surface area (Å²) in [6.07, 6.45) is 5.54. The van der Waals surface area contributed by atoms with Crippen molar-refractivity contribution in [2.75, 3.05) is 36.9 Å². The molecule has 0 saturated carbocycles. The quantitative estimate of drug-likeness (QED) is 0.197. The average Bonchev–Trinajstić information content (AvgIpc) is 2.99. The Balaban J connectivity index is 0.00000600. The zero-order valence-corrected chi connectivity index (χ0v) is 28.5. The van der Waals surface area contributed by atoms with Crippen LogP contribution in [0.25, 0.3) is 0 Å². The SMILES string of the molecule is CCCCC1CC(NC(=O)Nc2cc(C(=O)N(C)C)c(F)cc2F)CCN1Cc1ccc(Oc2ccc(NS(C)(=O)=O)cc2)cc1.Cl. The molecule has 2 atom stereocenters. The van der Waals surface area contributed by atoms with Crippen LogP contribution in [0.2, 0.25) is 0 Å². The van der Waals surface area contributed by atoms with E-state index in [4.69, 9.17) is 4.74 Å². The van der Waals surface area contributed by atoms with Crippen LogP contribution in [0.3, 0.4) is 0 Å². The maximum Gasteiger partial charge on any atom is 0.319 e. The number of amides is 3. The lowest BCUT2D eigenvalue weighted by Gasteiger charge is -2.40. The molecule has 1 heterocycles. The van der Waals surface area contributed by atoms with Crippen LogP contribution in [0, 0.1) is 11.6 Å². The Hall–Kier alpha value is -3.94. The Bertz CT molecular complexity index is 1630. The van der Waals surface area contributed by atoms with Crippen molar-refractivity contribution >= 4 is 45.7 Å². The first kappa shape index (κ1) is 37.5. The molecule has 3 aromatic rings. The first-order valence-electron chi connectivity index (χ1n) is 15.2.